The van der Waals surface area contributed by atoms with Crippen LogP contribution in [0.25, 0.3) is 0 Å². The van der Waals surface area contributed by atoms with Crippen molar-refractivity contribution < 1.29 is 19.2 Å². The van der Waals surface area contributed by atoms with Crippen LogP contribution in [0.3, 0.4) is 0 Å². The lowest BCUT2D eigenvalue weighted by Gasteiger charge is -2.28. The van der Waals surface area contributed by atoms with E-state index in [1.54, 1.807) is 29.2 Å². The largest absolute Gasteiger partial charge is 0.341 e. The van der Waals surface area contributed by atoms with Gasteiger partial charge in [0.05, 0.1) is 11.1 Å². The van der Waals surface area contributed by atoms with Crippen molar-refractivity contribution in [3.63, 3.8) is 0 Å². The van der Waals surface area contributed by atoms with Crippen LogP contribution in [0.5, 0.6) is 0 Å². The lowest BCUT2D eigenvalue weighted by Crippen LogP contribution is -2.47. The molecule has 0 unspecified atom stereocenters. The summed E-state index contributed by atoms with van der Waals surface area (Å²) in [5, 5.41) is 0. The standard InChI is InChI=1S/C20H23N3O4/c24-17(22-12-5-8-16(22)20(27)21-10-3-4-11-21)9-13-23-18(25)14-6-1-2-7-15(14)19(23)26/h1-2,6-7,16H,3-5,8-13H2/t16-/m0/s1. The molecular formula is C20H23N3O4. The fourth-order valence-corrected chi connectivity index (χ4v) is 4.26. The Morgan fingerprint density at radius 3 is 2.19 bits per heavy atom. The van der Waals surface area contributed by atoms with E-state index >= 15 is 0 Å². The van der Waals surface area contributed by atoms with E-state index in [1.165, 1.54) is 0 Å². The summed E-state index contributed by atoms with van der Waals surface area (Å²) >= 11 is 0. The molecule has 1 atom stereocenters. The Hall–Kier alpha value is -2.70. The molecule has 27 heavy (non-hydrogen) atoms. The van der Waals surface area contributed by atoms with Gasteiger partial charge in [-0.2, -0.15) is 0 Å². The first-order chi connectivity index (χ1) is 13.1. The molecule has 1 aromatic rings. The summed E-state index contributed by atoms with van der Waals surface area (Å²) in [6.45, 7) is 2.15. The molecule has 3 heterocycles. The van der Waals surface area contributed by atoms with Gasteiger partial charge in [-0.25, -0.2) is 0 Å². The fourth-order valence-electron chi connectivity index (χ4n) is 4.26. The smallest absolute Gasteiger partial charge is 0.261 e. The molecule has 0 bridgehead atoms. The number of hydrogen-bond acceptors (Lipinski definition) is 4. The maximum Gasteiger partial charge on any atom is 0.261 e. The predicted molar refractivity (Wildman–Crippen MR) is 97.0 cm³/mol. The van der Waals surface area contributed by atoms with Crippen LogP contribution in [0, 0.1) is 0 Å². The number of carbonyl (C=O) groups excluding carboxylic acids is 4. The number of carbonyl (C=O) groups is 4. The fraction of sp³-hybridized carbons (Fsp3) is 0.500. The molecule has 0 aliphatic carbocycles. The Bertz CT molecular complexity index is 765. The van der Waals surface area contributed by atoms with E-state index in [0.717, 1.165) is 37.3 Å². The lowest BCUT2D eigenvalue weighted by atomic mass is 10.1. The average molecular weight is 369 g/mol. The second-order valence-corrected chi connectivity index (χ2v) is 7.34. The van der Waals surface area contributed by atoms with Crippen LogP contribution in [0.1, 0.15) is 52.8 Å². The Balaban J connectivity index is 1.39. The Kier molecular flexibility index (Phi) is 4.68. The summed E-state index contributed by atoms with van der Waals surface area (Å²) in [7, 11) is 0. The quantitative estimate of drug-likeness (QED) is 0.749. The number of fused-ring (bicyclic) bond motifs is 1. The molecule has 2 saturated heterocycles. The topological polar surface area (TPSA) is 78.0 Å². The molecule has 2 fully saturated rings. The third-order valence-corrected chi connectivity index (χ3v) is 5.70. The van der Waals surface area contributed by atoms with E-state index < -0.39 is 6.04 Å². The van der Waals surface area contributed by atoms with Gasteiger partial charge in [0.2, 0.25) is 11.8 Å². The minimum absolute atomic E-state index is 0.0408. The molecule has 7 heteroatoms. The van der Waals surface area contributed by atoms with Crippen LogP contribution < -0.4 is 0 Å². The van der Waals surface area contributed by atoms with Crippen molar-refractivity contribution in [3.05, 3.63) is 35.4 Å². The van der Waals surface area contributed by atoms with E-state index in [-0.39, 0.29) is 36.6 Å². The van der Waals surface area contributed by atoms with E-state index in [9.17, 15) is 19.2 Å². The molecule has 0 radical (unpaired) electrons. The number of likely N-dealkylation sites (tertiary alicyclic amines) is 2. The van der Waals surface area contributed by atoms with Gasteiger partial charge < -0.3 is 9.80 Å². The maximum atomic E-state index is 12.7. The Morgan fingerprint density at radius 1 is 0.926 bits per heavy atom. The molecule has 4 amide bonds. The van der Waals surface area contributed by atoms with Crippen molar-refractivity contribution in [1.82, 2.24) is 14.7 Å². The highest BCUT2D eigenvalue weighted by atomic mass is 16.2. The molecule has 0 N–H and O–H groups in total. The molecule has 3 aliphatic rings. The van der Waals surface area contributed by atoms with Gasteiger partial charge in [0.15, 0.2) is 0 Å². The van der Waals surface area contributed by atoms with Crippen molar-refractivity contribution in [2.45, 2.75) is 38.1 Å². The molecule has 0 saturated carbocycles. The summed E-state index contributed by atoms with van der Waals surface area (Å²) in [6, 6.07) is 6.30. The van der Waals surface area contributed by atoms with Crippen LogP contribution in [0.4, 0.5) is 0 Å². The highest BCUT2D eigenvalue weighted by Gasteiger charge is 2.39. The normalized spacial score (nSPS) is 21.9. The third-order valence-electron chi connectivity index (χ3n) is 5.70. The van der Waals surface area contributed by atoms with Crippen LogP contribution in [-0.2, 0) is 9.59 Å². The summed E-state index contributed by atoms with van der Waals surface area (Å²) in [5.41, 5.74) is 0.774. The van der Waals surface area contributed by atoms with Crippen molar-refractivity contribution in [2.75, 3.05) is 26.2 Å². The van der Waals surface area contributed by atoms with Crippen LogP contribution in [0.15, 0.2) is 24.3 Å². The zero-order chi connectivity index (χ0) is 19.0. The average Bonchev–Trinajstić information content (AvgIpc) is 3.42. The summed E-state index contributed by atoms with van der Waals surface area (Å²) in [5.74, 6) is -0.829. The first-order valence-electron chi connectivity index (χ1n) is 9.61. The van der Waals surface area contributed by atoms with Crippen LogP contribution in [-0.4, -0.2) is 70.5 Å². The van der Waals surface area contributed by atoms with Crippen LogP contribution >= 0.6 is 0 Å². The first-order valence-corrected chi connectivity index (χ1v) is 9.61. The number of benzene rings is 1. The molecule has 0 aromatic heterocycles. The Morgan fingerprint density at radius 2 is 1.56 bits per heavy atom. The third kappa shape index (κ3) is 3.11. The second-order valence-electron chi connectivity index (χ2n) is 7.34. The van der Waals surface area contributed by atoms with E-state index in [4.69, 9.17) is 0 Å². The number of imide groups is 1. The van der Waals surface area contributed by atoms with Gasteiger partial charge in [-0.3, -0.25) is 24.1 Å². The van der Waals surface area contributed by atoms with Crippen molar-refractivity contribution in [3.8, 4) is 0 Å². The van der Waals surface area contributed by atoms with Gasteiger partial charge in [-0.1, -0.05) is 12.1 Å². The van der Waals surface area contributed by atoms with Gasteiger partial charge >= 0.3 is 0 Å². The van der Waals surface area contributed by atoms with Crippen LogP contribution in [0.2, 0.25) is 0 Å². The second kappa shape index (κ2) is 7.13. The molecule has 1 aromatic carbocycles. The van der Waals surface area contributed by atoms with Crippen molar-refractivity contribution in [1.29, 1.82) is 0 Å². The van der Waals surface area contributed by atoms with E-state index in [2.05, 4.69) is 0 Å². The van der Waals surface area contributed by atoms with Crippen molar-refractivity contribution >= 4 is 23.6 Å². The van der Waals surface area contributed by atoms with Gasteiger partial charge in [0, 0.05) is 32.6 Å². The SMILES string of the molecule is O=C([C@@H]1CCCN1C(=O)CCN1C(=O)c2ccccc2C1=O)N1CCCC1. The van der Waals surface area contributed by atoms with E-state index in [1.807, 2.05) is 4.90 Å². The first kappa shape index (κ1) is 17.7. The molecule has 7 nitrogen and oxygen atoms in total. The van der Waals surface area contributed by atoms with Gasteiger partial charge in [-0.05, 0) is 37.8 Å². The van der Waals surface area contributed by atoms with Gasteiger partial charge in [0.25, 0.3) is 11.8 Å². The highest BCUT2D eigenvalue weighted by Crippen LogP contribution is 2.25. The van der Waals surface area contributed by atoms with E-state index in [0.29, 0.717) is 24.1 Å². The monoisotopic (exact) mass is 369 g/mol. The Labute approximate surface area is 157 Å². The molecule has 142 valence electrons. The maximum absolute atomic E-state index is 12.7. The zero-order valence-electron chi connectivity index (χ0n) is 15.2. The molecule has 4 rings (SSSR count). The predicted octanol–water partition coefficient (Wildman–Crippen LogP) is 1.29. The summed E-state index contributed by atoms with van der Waals surface area (Å²) < 4.78 is 0. The summed E-state index contributed by atoms with van der Waals surface area (Å²) in [6.07, 6.45) is 3.59. The summed E-state index contributed by atoms with van der Waals surface area (Å²) in [4.78, 5) is 54.8. The van der Waals surface area contributed by atoms with Crippen molar-refractivity contribution in [2.24, 2.45) is 0 Å². The minimum Gasteiger partial charge on any atom is -0.341 e. The van der Waals surface area contributed by atoms with Gasteiger partial charge in [0.1, 0.15) is 6.04 Å². The minimum atomic E-state index is -0.391. The number of hydrogen-bond donors (Lipinski definition) is 0. The lowest BCUT2D eigenvalue weighted by molar-refractivity contribution is -0.143. The zero-order valence-corrected chi connectivity index (χ0v) is 15.2. The van der Waals surface area contributed by atoms with Gasteiger partial charge in [-0.15, -0.1) is 0 Å². The molecular weight excluding hydrogens is 346 g/mol. The highest BCUT2D eigenvalue weighted by molar-refractivity contribution is 6.21. The molecule has 0 spiro atoms. The molecule has 3 aliphatic heterocycles. The number of amides is 4. The number of nitrogens with zero attached hydrogens (tertiary/aromatic N) is 3. The number of rotatable bonds is 4.